The van der Waals surface area contributed by atoms with Crippen molar-refractivity contribution in [3.8, 4) is 0 Å². The van der Waals surface area contributed by atoms with Crippen molar-refractivity contribution in [1.29, 1.82) is 0 Å². The molecule has 1 aromatic rings. The van der Waals surface area contributed by atoms with E-state index in [0.717, 1.165) is 10.7 Å². The van der Waals surface area contributed by atoms with Crippen molar-refractivity contribution in [3.05, 3.63) is 16.1 Å². The van der Waals surface area contributed by atoms with E-state index in [1.54, 1.807) is 18.3 Å². The van der Waals surface area contributed by atoms with Gasteiger partial charge >= 0.3 is 12.0 Å². The molecular weight excluding hydrogens is 266 g/mol. The highest BCUT2D eigenvalue weighted by atomic mass is 32.1. The second-order valence-corrected chi connectivity index (χ2v) is 5.54. The molecule has 0 aliphatic rings. The smallest absolute Gasteiger partial charge is 0.329 e. The summed E-state index contributed by atoms with van der Waals surface area (Å²) in [6, 6.07) is -0.473. The lowest BCUT2D eigenvalue weighted by Gasteiger charge is -2.24. The van der Waals surface area contributed by atoms with Gasteiger partial charge in [0.05, 0.1) is 10.7 Å². The number of thiazole rings is 1. The molecule has 0 spiro atoms. The Balaban J connectivity index is 2.37. The standard InChI is InChI=1S/C12H19N3O3S/c1-4-12(3,10(16)17)15-11(18)13-6-5-9-7-19-8(2)14-9/h7H,4-6H2,1-3H3,(H,16,17)(H2,13,15,18). The van der Waals surface area contributed by atoms with Gasteiger partial charge in [-0.15, -0.1) is 11.3 Å². The van der Waals surface area contributed by atoms with E-state index in [-0.39, 0.29) is 0 Å². The molecule has 0 aliphatic carbocycles. The SMILES string of the molecule is CCC(C)(NC(=O)NCCc1csc(C)n1)C(=O)O. The minimum atomic E-state index is -1.23. The first kappa shape index (κ1) is 15.4. The second kappa shape index (κ2) is 6.51. The maximum absolute atomic E-state index is 11.6. The first-order valence-electron chi connectivity index (χ1n) is 6.08. The van der Waals surface area contributed by atoms with E-state index in [1.165, 1.54) is 6.92 Å². The van der Waals surface area contributed by atoms with Crippen molar-refractivity contribution in [2.75, 3.05) is 6.54 Å². The lowest BCUT2D eigenvalue weighted by atomic mass is 10.00. The Morgan fingerprint density at radius 1 is 1.53 bits per heavy atom. The molecule has 1 aromatic heterocycles. The summed E-state index contributed by atoms with van der Waals surface area (Å²) in [6.07, 6.45) is 0.953. The summed E-state index contributed by atoms with van der Waals surface area (Å²) in [5, 5.41) is 17.1. The molecule has 0 fully saturated rings. The highest BCUT2D eigenvalue weighted by molar-refractivity contribution is 7.09. The molecule has 2 amide bonds. The van der Waals surface area contributed by atoms with Gasteiger partial charge in [-0.2, -0.15) is 0 Å². The normalized spacial score (nSPS) is 13.6. The van der Waals surface area contributed by atoms with Crippen LogP contribution in [-0.4, -0.2) is 34.2 Å². The molecule has 3 N–H and O–H groups in total. The summed E-state index contributed by atoms with van der Waals surface area (Å²) in [5.41, 5.74) is -0.305. The van der Waals surface area contributed by atoms with E-state index in [4.69, 9.17) is 5.11 Å². The second-order valence-electron chi connectivity index (χ2n) is 4.48. The van der Waals surface area contributed by atoms with E-state index in [1.807, 2.05) is 12.3 Å². The van der Waals surface area contributed by atoms with Crippen molar-refractivity contribution in [2.24, 2.45) is 0 Å². The van der Waals surface area contributed by atoms with Crippen LogP contribution in [0.25, 0.3) is 0 Å². The van der Waals surface area contributed by atoms with Crippen LogP contribution in [0.3, 0.4) is 0 Å². The van der Waals surface area contributed by atoms with Crippen LogP contribution in [0.2, 0.25) is 0 Å². The molecule has 1 rings (SSSR count). The van der Waals surface area contributed by atoms with E-state index in [0.29, 0.717) is 19.4 Å². The molecule has 1 atom stereocenters. The Morgan fingerprint density at radius 2 is 2.21 bits per heavy atom. The van der Waals surface area contributed by atoms with Crippen molar-refractivity contribution < 1.29 is 14.7 Å². The molecule has 0 bridgehead atoms. The number of carbonyl (C=O) groups excluding carboxylic acids is 1. The summed E-state index contributed by atoms with van der Waals surface area (Å²) in [6.45, 7) is 5.55. The number of urea groups is 1. The average Bonchev–Trinajstić information content (AvgIpc) is 2.74. The number of amides is 2. The van der Waals surface area contributed by atoms with Gasteiger partial charge in [0.1, 0.15) is 5.54 Å². The third-order valence-corrected chi connectivity index (χ3v) is 3.72. The number of carboxylic acids is 1. The predicted molar refractivity (Wildman–Crippen MR) is 73.4 cm³/mol. The number of aryl methyl sites for hydroxylation is 1. The van der Waals surface area contributed by atoms with Gasteiger partial charge in [0.2, 0.25) is 0 Å². The number of nitrogens with zero attached hydrogens (tertiary/aromatic N) is 1. The summed E-state index contributed by atoms with van der Waals surface area (Å²) in [4.78, 5) is 26.9. The Kier molecular flexibility index (Phi) is 5.29. The molecule has 0 saturated heterocycles. The van der Waals surface area contributed by atoms with E-state index in [2.05, 4.69) is 15.6 Å². The zero-order valence-electron chi connectivity index (χ0n) is 11.3. The van der Waals surface area contributed by atoms with Crippen LogP contribution < -0.4 is 10.6 Å². The molecule has 0 radical (unpaired) electrons. The molecule has 0 aliphatic heterocycles. The van der Waals surface area contributed by atoms with E-state index in [9.17, 15) is 9.59 Å². The van der Waals surface area contributed by atoms with Crippen LogP contribution in [0.1, 0.15) is 31.0 Å². The quantitative estimate of drug-likeness (QED) is 0.739. The topological polar surface area (TPSA) is 91.3 Å². The Morgan fingerprint density at radius 3 is 2.68 bits per heavy atom. The molecule has 19 heavy (non-hydrogen) atoms. The third kappa shape index (κ3) is 4.51. The zero-order valence-corrected chi connectivity index (χ0v) is 12.1. The molecule has 106 valence electrons. The highest BCUT2D eigenvalue weighted by Crippen LogP contribution is 2.09. The molecule has 6 nitrogen and oxygen atoms in total. The van der Waals surface area contributed by atoms with Gasteiger partial charge < -0.3 is 15.7 Å². The molecule has 1 heterocycles. The average molecular weight is 285 g/mol. The largest absolute Gasteiger partial charge is 0.480 e. The van der Waals surface area contributed by atoms with Crippen LogP contribution >= 0.6 is 11.3 Å². The number of aliphatic carboxylic acids is 1. The lowest BCUT2D eigenvalue weighted by molar-refractivity contribution is -0.143. The van der Waals surface area contributed by atoms with Gasteiger partial charge in [-0.25, -0.2) is 14.6 Å². The number of hydrogen-bond acceptors (Lipinski definition) is 4. The summed E-state index contributed by atoms with van der Waals surface area (Å²) in [5.74, 6) is -1.04. The third-order valence-electron chi connectivity index (χ3n) is 2.90. The Bertz CT molecular complexity index is 461. The fourth-order valence-electron chi connectivity index (χ4n) is 1.42. The van der Waals surface area contributed by atoms with E-state index >= 15 is 0 Å². The Labute approximate surface area is 116 Å². The molecule has 0 saturated carbocycles. The van der Waals surface area contributed by atoms with Gasteiger partial charge in [-0.3, -0.25) is 0 Å². The highest BCUT2D eigenvalue weighted by Gasteiger charge is 2.32. The van der Waals surface area contributed by atoms with Crippen molar-refractivity contribution in [1.82, 2.24) is 15.6 Å². The number of carboxylic acid groups (broad SMARTS) is 1. The molecule has 0 aromatic carbocycles. The summed E-state index contributed by atoms with van der Waals surface area (Å²) < 4.78 is 0. The summed E-state index contributed by atoms with van der Waals surface area (Å²) in [7, 11) is 0. The first-order chi connectivity index (χ1) is 8.87. The maximum Gasteiger partial charge on any atom is 0.329 e. The number of aromatic nitrogens is 1. The fraction of sp³-hybridized carbons (Fsp3) is 0.583. The summed E-state index contributed by atoms with van der Waals surface area (Å²) >= 11 is 1.56. The van der Waals surface area contributed by atoms with Crippen LogP contribution in [0.15, 0.2) is 5.38 Å². The Hall–Kier alpha value is -1.63. The van der Waals surface area contributed by atoms with Crippen LogP contribution in [0.4, 0.5) is 4.79 Å². The maximum atomic E-state index is 11.6. The predicted octanol–water partition coefficient (Wildman–Crippen LogP) is 1.55. The van der Waals surface area contributed by atoms with Gasteiger partial charge in [-0.1, -0.05) is 6.92 Å². The van der Waals surface area contributed by atoms with Crippen LogP contribution in [0, 0.1) is 6.92 Å². The van der Waals surface area contributed by atoms with Crippen LogP contribution in [0.5, 0.6) is 0 Å². The number of hydrogen-bond donors (Lipinski definition) is 3. The number of nitrogens with one attached hydrogen (secondary N) is 2. The molecular formula is C12H19N3O3S. The molecule has 1 unspecified atom stereocenters. The minimum absolute atomic E-state index is 0.320. The van der Waals surface area contributed by atoms with Crippen LogP contribution in [-0.2, 0) is 11.2 Å². The first-order valence-corrected chi connectivity index (χ1v) is 6.95. The van der Waals surface area contributed by atoms with Gasteiger partial charge in [-0.05, 0) is 20.3 Å². The fourth-order valence-corrected chi connectivity index (χ4v) is 2.06. The van der Waals surface area contributed by atoms with Gasteiger partial charge in [0.15, 0.2) is 0 Å². The van der Waals surface area contributed by atoms with Crippen molar-refractivity contribution >= 4 is 23.3 Å². The monoisotopic (exact) mass is 285 g/mol. The van der Waals surface area contributed by atoms with Gasteiger partial charge in [0.25, 0.3) is 0 Å². The van der Waals surface area contributed by atoms with Crippen molar-refractivity contribution in [2.45, 2.75) is 39.2 Å². The molecule has 7 heteroatoms. The number of carbonyl (C=O) groups is 2. The zero-order chi connectivity index (χ0) is 14.5. The number of rotatable bonds is 6. The lowest BCUT2D eigenvalue weighted by Crippen LogP contribution is -2.55. The minimum Gasteiger partial charge on any atom is -0.480 e. The van der Waals surface area contributed by atoms with Gasteiger partial charge in [0, 0.05) is 18.3 Å². The van der Waals surface area contributed by atoms with Crippen molar-refractivity contribution in [3.63, 3.8) is 0 Å². The van der Waals surface area contributed by atoms with E-state index < -0.39 is 17.5 Å².